The average Bonchev–Trinajstić information content (AvgIpc) is 2.78. The maximum Gasteiger partial charge on any atom is 0.118 e. The Kier molecular flexibility index (Phi) is 5.21. The molecule has 0 atom stereocenters. The molecule has 5 heteroatoms. The van der Waals surface area contributed by atoms with Crippen molar-refractivity contribution < 1.29 is 9.47 Å². The highest BCUT2D eigenvalue weighted by Gasteiger charge is 2.09. The van der Waals surface area contributed by atoms with Crippen molar-refractivity contribution in [3.8, 4) is 5.75 Å². The summed E-state index contributed by atoms with van der Waals surface area (Å²) in [5.74, 6) is 0.869. The first kappa shape index (κ1) is 14.3. The molecule has 4 nitrogen and oxygen atoms in total. The first-order valence-corrected chi connectivity index (χ1v) is 7.23. The summed E-state index contributed by atoms with van der Waals surface area (Å²) in [7, 11) is 1.67. The third-order valence-corrected chi connectivity index (χ3v) is 3.73. The zero-order chi connectivity index (χ0) is 13.7. The van der Waals surface area contributed by atoms with Crippen molar-refractivity contribution in [3.05, 3.63) is 45.3 Å². The highest BCUT2D eigenvalue weighted by Crippen LogP contribution is 2.16. The van der Waals surface area contributed by atoms with E-state index in [1.807, 2.05) is 29.9 Å². The summed E-state index contributed by atoms with van der Waals surface area (Å²) in [4.78, 5) is 0. The molecule has 2 aromatic rings. The van der Waals surface area contributed by atoms with Gasteiger partial charge in [-0.25, -0.2) is 0 Å². The number of benzene rings is 1. The third kappa shape index (κ3) is 3.70. The van der Waals surface area contributed by atoms with Gasteiger partial charge in [0.05, 0.1) is 35.7 Å². The number of hydrogen-bond donors (Lipinski definition) is 0. The van der Waals surface area contributed by atoms with Crippen molar-refractivity contribution in [2.45, 2.75) is 20.1 Å². The minimum atomic E-state index is 0.602. The Morgan fingerprint density at radius 3 is 2.63 bits per heavy atom. The van der Waals surface area contributed by atoms with Crippen molar-refractivity contribution in [2.75, 3.05) is 13.7 Å². The van der Waals surface area contributed by atoms with Crippen LogP contribution in [0.5, 0.6) is 5.75 Å². The van der Waals surface area contributed by atoms with Gasteiger partial charge in [0.25, 0.3) is 0 Å². The average molecular weight is 372 g/mol. The van der Waals surface area contributed by atoms with Gasteiger partial charge >= 0.3 is 0 Å². The summed E-state index contributed by atoms with van der Waals surface area (Å²) >= 11 is 2.29. The molecule has 0 saturated carbocycles. The lowest BCUT2D eigenvalue weighted by molar-refractivity contribution is 0.127. The lowest BCUT2D eigenvalue weighted by atomic mass is 10.2. The standard InChI is InChI=1S/C14H17IN2O2/c1-3-19-10-14-13(15)8-16-17(14)9-11-4-6-12(18-2)7-5-11/h4-8H,3,9-10H2,1-2H3. The molecule has 1 aromatic heterocycles. The van der Waals surface area contributed by atoms with Gasteiger partial charge < -0.3 is 9.47 Å². The van der Waals surface area contributed by atoms with Gasteiger partial charge in [0.1, 0.15) is 5.75 Å². The molecule has 0 aliphatic heterocycles. The molecule has 1 heterocycles. The summed E-state index contributed by atoms with van der Waals surface area (Å²) in [5, 5.41) is 4.40. The molecule has 19 heavy (non-hydrogen) atoms. The van der Waals surface area contributed by atoms with Gasteiger partial charge in [-0.3, -0.25) is 4.68 Å². The minimum absolute atomic E-state index is 0.602. The summed E-state index contributed by atoms with van der Waals surface area (Å²) < 4.78 is 13.8. The van der Waals surface area contributed by atoms with E-state index in [0.717, 1.165) is 21.6 Å². The van der Waals surface area contributed by atoms with Gasteiger partial charge in [0.15, 0.2) is 0 Å². The first-order chi connectivity index (χ1) is 9.24. The molecular formula is C14H17IN2O2. The van der Waals surface area contributed by atoms with Crippen LogP contribution in [0.25, 0.3) is 0 Å². The summed E-state index contributed by atoms with van der Waals surface area (Å²) in [6, 6.07) is 8.04. The van der Waals surface area contributed by atoms with E-state index in [9.17, 15) is 0 Å². The predicted molar refractivity (Wildman–Crippen MR) is 82.4 cm³/mol. The second kappa shape index (κ2) is 6.91. The largest absolute Gasteiger partial charge is 0.497 e. The normalized spacial score (nSPS) is 10.7. The fraction of sp³-hybridized carbons (Fsp3) is 0.357. The topological polar surface area (TPSA) is 36.3 Å². The van der Waals surface area contributed by atoms with E-state index < -0.39 is 0 Å². The van der Waals surface area contributed by atoms with Crippen LogP contribution in [0.2, 0.25) is 0 Å². The second-order valence-electron chi connectivity index (χ2n) is 4.08. The molecule has 0 radical (unpaired) electrons. The van der Waals surface area contributed by atoms with Crippen LogP contribution in [-0.4, -0.2) is 23.5 Å². The highest BCUT2D eigenvalue weighted by atomic mass is 127. The van der Waals surface area contributed by atoms with E-state index >= 15 is 0 Å². The van der Waals surface area contributed by atoms with E-state index in [1.54, 1.807) is 7.11 Å². The molecule has 1 aromatic carbocycles. The van der Waals surface area contributed by atoms with Crippen molar-refractivity contribution in [1.29, 1.82) is 0 Å². The molecule has 0 bridgehead atoms. The third-order valence-electron chi connectivity index (χ3n) is 2.83. The first-order valence-electron chi connectivity index (χ1n) is 6.15. The van der Waals surface area contributed by atoms with E-state index in [1.165, 1.54) is 5.56 Å². The fourth-order valence-corrected chi connectivity index (χ4v) is 2.33. The van der Waals surface area contributed by atoms with E-state index in [-0.39, 0.29) is 0 Å². The van der Waals surface area contributed by atoms with E-state index in [4.69, 9.17) is 9.47 Å². The lowest BCUT2D eigenvalue weighted by Gasteiger charge is -2.09. The molecule has 0 N–H and O–H groups in total. The number of halogens is 1. The lowest BCUT2D eigenvalue weighted by Crippen LogP contribution is -2.08. The zero-order valence-electron chi connectivity index (χ0n) is 11.1. The van der Waals surface area contributed by atoms with Gasteiger partial charge in [0.2, 0.25) is 0 Å². The molecule has 2 rings (SSSR count). The number of rotatable bonds is 6. The maximum absolute atomic E-state index is 5.49. The number of aromatic nitrogens is 2. The zero-order valence-corrected chi connectivity index (χ0v) is 13.3. The molecule has 102 valence electrons. The van der Waals surface area contributed by atoms with Crippen LogP contribution in [0.4, 0.5) is 0 Å². The molecule has 0 amide bonds. The molecule has 0 spiro atoms. The quantitative estimate of drug-likeness (QED) is 0.732. The van der Waals surface area contributed by atoms with Gasteiger partial charge in [0, 0.05) is 6.61 Å². The Bertz CT molecular complexity index is 523. The smallest absolute Gasteiger partial charge is 0.118 e. The van der Waals surface area contributed by atoms with Crippen LogP contribution in [0.1, 0.15) is 18.2 Å². The van der Waals surface area contributed by atoms with Crippen molar-refractivity contribution in [3.63, 3.8) is 0 Å². The number of methoxy groups -OCH3 is 1. The van der Waals surface area contributed by atoms with Gasteiger partial charge in [-0.2, -0.15) is 5.10 Å². The van der Waals surface area contributed by atoms with E-state index in [0.29, 0.717) is 13.2 Å². The summed E-state index contributed by atoms with van der Waals surface area (Å²) in [6.45, 7) is 4.06. The summed E-state index contributed by atoms with van der Waals surface area (Å²) in [5.41, 5.74) is 2.32. The van der Waals surface area contributed by atoms with Crippen LogP contribution >= 0.6 is 22.6 Å². The van der Waals surface area contributed by atoms with Gasteiger partial charge in [-0.05, 0) is 47.2 Å². The second-order valence-corrected chi connectivity index (χ2v) is 5.24. The van der Waals surface area contributed by atoms with Crippen LogP contribution in [0, 0.1) is 3.57 Å². The number of nitrogens with zero attached hydrogens (tertiary/aromatic N) is 2. The highest BCUT2D eigenvalue weighted by molar-refractivity contribution is 14.1. The van der Waals surface area contributed by atoms with Crippen molar-refractivity contribution in [2.24, 2.45) is 0 Å². The summed E-state index contributed by atoms with van der Waals surface area (Å²) in [6.07, 6.45) is 1.87. The number of hydrogen-bond acceptors (Lipinski definition) is 3. The van der Waals surface area contributed by atoms with Crippen molar-refractivity contribution in [1.82, 2.24) is 9.78 Å². The van der Waals surface area contributed by atoms with Crippen LogP contribution < -0.4 is 4.74 Å². The fourth-order valence-electron chi connectivity index (χ4n) is 1.77. The van der Waals surface area contributed by atoms with Crippen LogP contribution in [0.15, 0.2) is 30.5 Å². The molecule has 0 aliphatic carbocycles. The van der Waals surface area contributed by atoms with Crippen molar-refractivity contribution >= 4 is 22.6 Å². The predicted octanol–water partition coefficient (Wildman–Crippen LogP) is 3.08. The van der Waals surface area contributed by atoms with E-state index in [2.05, 4.69) is 39.8 Å². The molecular weight excluding hydrogens is 355 g/mol. The number of ether oxygens (including phenoxy) is 2. The van der Waals surface area contributed by atoms with Crippen LogP contribution in [0.3, 0.4) is 0 Å². The van der Waals surface area contributed by atoms with Gasteiger partial charge in [-0.1, -0.05) is 12.1 Å². The SMILES string of the molecule is CCOCc1c(I)cnn1Cc1ccc(OC)cc1. The monoisotopic (exact) mass is 372 g/mol. The molecule has 0 aliphatic rings. The Balaban J connectivity index is 2.13. The molecule has 0 saturated heterocycles. The Morgan fingerprint density at radius 2 is 2.00 bits per heavy atom. The van der Waals surface area contributed by atoms with Crippen LogP contribution in [-0.2, 0) is 17.9 Å². The van der Waals surface area contributed by atoms with Gasteiger partial charge in [-0.15, -0.1) is 0 Å². The minimum Gasteiger partial charge on any atom is -0.497 e. The molecule has 0 fully saturated rings. The maximum atomic E-state index is 5.49. The Morgan fingerprint density at radius 1 is 1.26 bits per heavy atom. The Hall–Kier alpha value is -1.08. The molecule has 0 unspecified atom stereocenters. The Labute approximate surface area is 126 Å².